The molecule has 0 saturated heterocycles. The molecule has 2 rings (SSSR count). The van der Waals surface area contributed by atoms with Crippen LogP contribution in [0, 0.1) is 11.3 Å². The van der Waals surface area contributed by atoms with E-state index in [9.17, 15) is 0 Å². The number of nitrogens with zero attached hydrogens (tertiary/aromatic N) is 2. The van der Waals surface area contributed by atoms with Crippen LogP contribution in [0.2, 0.25) is 0 Å². The van der Waals surface area contributed by atoms with Gasteiger partial charge in [-0.25, -0.2) is 0 Å². The number of rotatable bonds is 1. The summed E-state index contributed by atoms with van der Waals surface area (Å²) in [6.45, 7) is 0. The summed E-state index contributed by atoms with van der Waals surface area (Å²) in [5, 5.41) is 8.95. The van der Waals surface area contributed by atoms with Crippen molar-refractivity contribution in [3.63, 3.8) is 0 Å². The molecule has 0 atom stereocenters. The zero-order valence-electron chi connectivity index (χ0n) is 7.94. The minimum absolute atomic E-state index is 0.717. The Balaban J connectivity index is 2.64. The van der Waals surface area contributed by atoms with E-state index in [0.717, 1.165) is 11.3 Å². The predicted molar refractivity (Wildman–Crippen MR) is 55.6 cm³/mol. The average molecular weight is 182 g/mol. The third-order valence-electron chi connectivity index (χ3n) is 2.27. The Kier molecular flexibility index (Phi) is 2.08. The molecule has 2 nitrogen and oxygen atoms in total. The van der Waals surface area contributed by atoms with Crippen LogP contribution in [0.1, 0.15) is 5.56 Å². The molecule has 0 aliphatic carbocycles. The average Bonchev–Trinajstić information content (AvgIpc) is 2.64. The first-order valence-corrected chi connectivity index (χ1v) is 4.44. The molecule has 0 aliphatic rings. The predicted octanol–water partition coefficient (Wildman–Crippen LogP) is 2.56. The van der Waals surface area contributed by atoms with Gasteiger partial charge in [-0.15, -0.1) is 0 Å². The van der Waals surface area contributed by atoms with Gasteiger partial charge in [-0.1, -0.05) is 18.2 Å². The quantitative estimate of drug-likeness (QED) is 0.666. The van der Waals surface area contributed by atoms with Crippen LogP contribution in [-0.2, 0) is 7.05 Å². The Morgan fingerprint density at radius 2 is 1.93 bits per heavy atom. The summed E-state index contributed by atoms with van der Waals surface area (Å²) >= 11 is 0. The largest absolute Gasteiger partial charge is 0.351 e. The monoisotopic (exact) mass is 182 g/mol. The standard InChI is InChI=1S/C12H10N2/c1-14-8-4-7-12(14)11-6-3-2-5-10(11)9-13/h2-8H,1H3. The van der Waals surface area contributed by atoms with Gasteiger partial charge < -0.3 is 4.57 Å². The Morgan fingerprint density at radius 1 is 1.14 bits per heavy atom. The molecule has 0 unspecified atom stereocenters. The molecule has 0 saturated carbocycles. The third-order valence-corrected chi connectivity index (χ3v) is 2.27. The number of aryl methyl sites for hydroxylation is 1. The van der Waals surface area contributed by atoms with Crippen LogP contribution in [0.4, 0.5) is 0 Å². The van der Waals surface area contributed by atoms with Crippen molar-refractivity contribution in [1.82, 2.24) is 4.57 Å². The van der Waals surface area contributed by atoms with Gasteiger partial charge in [0.2, 0.25) is 0 Å². The highest BCUT2D eigenvalue weighted by molar-refractivity contribution is 5.67. The van der Waals surface area contributed by atoms with Crippen LogP contribution in [0.15, 0.2) is 42.6 Å². The first kappa shape index (κ1) is 8.58. The summed E-state index contributed by atoms with van der Waals surface area (Å²) in [6.07, 6.45) is 1.98. The molecule has 2 heteroatoms. The van der Waals surface area contributed by atoms with E-state index < -0.39 is 0 Å². The number of nitriles is 1. The first-order chi connectivity index (χ1) is 6.83. The molecule has 1 aromatic heterocycles. The van der Waals surface area contributed by atoms with Gasteiger partial charge >= 0.3 is 0 Å². The summed E-state index contributed by atoms with van der Waals surface area (Å²) < 4.78 is 2.01. The fraction of sp³-hybridized carbons (Fsp3) is 0.0833. The lowest BCUT2D eigenvalue weighted by atomic mass is 10.1. The lowest BCUT2D eigenvalue weighted by molar-refractivity contribution is 0.936. The molecule has 14 heavy (non-hydrogen) atoms. The van der Waals surface area contributed by atoms with E-state index in [4.69, 9.17) is 5.26 Å². The van der Waals surface area contributed by atoms with Crippen LogP contribution >= 0.6 is 0 Å². The van der Waals surface area contributed by atoms with Crippen molar-refractivity contribution in [2.75, 3.05) is 0 Å². The van der Waals surface area contributed by atoms with E-state index in [2.05, 4.69) is 6.07 Å². The minimum atomic E-state index is 0.717. The van der Waals surface area contributed by atoms with Gasteiger partial charge in [-0.05, 0) is 18.2 Å². The van der Waals surface area contributed by atoms with Crippen molar-refractivity contribution >= 4 is 0 Å². The fourth-order valence-corrected chi connectivity index (χ4v) is 1.54. The van der Waals surface area contributed by atoms with Gasteiger partial charge in [0.15, 0.2) is 0 Å². The van der Waals surface area contributed by atoms with E-state index in [-0.39, 0.29) is 0 Å². The number of benzene rings is 1. The van der Waals surface area contributed by atoms with Gasteiger partial charge in [0.1, 0.15) is 0 Å². The lowest BCUT2D eigenvalue weighted by Gasteiger charge is -2.04. The van der Waals surface area contributed by atoms with Crippen molar-refractivity contribution in [3.05, 3.63) is 48.2 Å². The van der Waals surface area contributed by atoms with Crippen molar-refractivity contribution in [2.45, 2.75) is 0 Å². The Bertz CT molecular complexity index is 489. The minimum Gasteiger partial charge on any atom is -0.351 e. The molecule has 0 bridgehead atoms. The summed E-state index contributed by atoms with van der Waals surface area (Å²) in [5.74, 6) is 0. The molecule has 0 amide bonds. The maximum atomic E-state index is 8.95. The Morgan fingerprint density at radius 3 is 2.57 bits per heavy atom. The third kappa shape index (κ3) is 1.29. The lowest BCUT2D eigenvalue weighted by Crippen LogP contribution is -1.91. The van der Waals surface area contributed by atoms with E-state index >= 15 is 0 Å². The second-order valence-electron chi connectivity index (χ2n) is 3.16. The molecule has 0 radical (unpaired) electrons. The number of hydrogen-bond acceptors (Lipinski definition) is 1. The van der Waals surface area contributed by atoms with E-state index in [1.54, 1.807) is 0 Å². The Hall–Kier alpha value is -2.01. The van der Waals surface area contributed by atoms with E-state index in [1.807, 2.05) is 54.2 Å². The van der Waals surface area contributed by atoms with Crippen LogP contribution in [-0.4, -0.2) is 4.57 Å². The fourth-order valence-electron chi connectivity index (χ4n) is 1.54. The molecule has 2 aromatic rings. The zero-order valence-corrected chi connectivity index (χ0v) is 7.94. The smallest absolute Gasteiger partial charge is 0.0998 e. The first-order valence-electron chi connectivity index (χ1n) is 4.44. The highest BCUT2D eigenvalue weighted by atomic mass is 14.9. The molecule has 0 N–H and O–H groups in total. The van der Waals surface area contributed by atoms with Crippen LogP contribution < -0.4 is 0 Å². The molecular formula is C12H10N2. The number of hydrogen-bond donors (Lipinski definition) is 0. The van der Waals surface area contributed by atoms with Crippen LogP contribution in [0.5, 0.6) is 0 Å². The molecule has 1 heterocycles. The topological polar surface area (TPSA) is 28.7 Å². The Labute approximate surface area is 83.0 Å². The molecule has 1 aromatic carbocycles. The van der Waals surface area contributed by atoms with Gasteiger partial charge in [-0.3, -0.25) is 0 Å². The maximum absolute atomic E-state index is 8.95. The van der Waals surface area contributed by atoms with E-state index in [0.29, 0.717) is 5.56 Å². The second-order valence-corrected chi connectivity index (χ2v) is 3.16. The van der Waals surface area contributed by atoms with Crippen LogP contribution in [0.3, 0.4) is 0 Å². The molecule has 0 fully saturated rings. The zero-order chi connectivity index (χ0) is 9.97. The van der Waals surface area contributed by atoms with Gasteiger partial charge in [-0.2, -0.15) is 5.26 Å². The summed E-state index contributed by atoms with van der Waals surface area (Å²) in [6, 6.07) is 13.8. The SMILES string of the molecule is Cn1cccc1-c1ccccc1C#N. The normalized spacial score (nSPS) is 9.71. The summed E-state index contributed by atoms with van der Waals surface area (Å²) in [4.78, 5) is 0. The molecule has 68 valence electrons. The van der Waals surface area contributed by atoms with Gasteiger partial charge in [0.05, 0.1) is 11.6 Å². The number of aromatic nitrogens is 1. The van der Waals surface area contributed by atoms with Crippen LogP contribution in [0.25, 0.3) is 11.3 Å². The highest BCUT2D eigenvalue weighted by Crippen LogP contribution is 2.22. The summed E-state index contributed by atoms with van der Waals surface area (Å²) in [5.41, 5.74) is 2.78. The summed E-state index contributed by atoms with van der Waals surface area (Å²) in [7, 11) is 1.98. The molecular weight excluding hydrogens is 172 g/mol. The van der Waals surface area contributed by atoms with Crippen molar-refractivity contribution in [3.8, 4) is 17.3 Å². The van der Waals surface area contributed by atoms with Crippen molar-refractivity contribution in [1.29, 1.82) is 5.26 Å². The molecule has 0 aliphatic heterocycles. The highest BCUT2D eigenvalue weighted by Gasteiger charge is 2.05. The second kappa shape index (κ2) is 3.39. The van der Waals surface area contributed by atoms with Gasteiger partial charge in [0.25, 0.3) is 0 Å². The molecule has 0 spiro atoms. The maximum Gasteiger partial charge on any atom is 0.0998 e. The van der Waals surface area contributed by atoms with Crippen molar-refractivity contribution < 1.29 is 0 Å². The van der Waals surface area contributed by atoms with Gasteiger partial charge in [0, 0.05) is 24.5 Å². The van der Waals surface area contributed by atoms with Crippen molar-refractivity contribution in [2.24, 2.45) is 7.05 Å². The van der Waals surface area contributed by atoms with E-state index in [1.165, 1.54) is 0 Å².